The van der Waals surface area contributed by atoms with E-state index in [0.717, 1.165) is 0 Å². The maximum absolute atomic E-state index is 11.8. The molecular weight excluding hydrogens is 193 g/mol. The Morgan fingerprint density at radius 1 is 0.833 bits per heavy atom. The van der Waals surface area contributed by atoms with Crippen LogP contribution in [0.3, 0.4) is 0 Å². The van der Waals surface area contributed by atoms with Crippen LogP contribution in [0.15, 0.2) is 0 Å². The van der Waals surface area contributed by atoms with Crippen molar-refractivity contribution in [2.75, 3.05) is 0 Å². The molecule has 0 aromatic heterocycles. The summed E-state index contributed by atoms with van der Waals surface area (Å²) in [6, 6.07) is 0. The molecule has 0 aliphatic carbocycles. The van der Waals surface area contributed by atoms with Gasteiger partial charge in [0.05, 0.1) is 0 Å². The fourth-order valence-corrected chi connectivity index (χ4v) is 0.393. The van der Waals surface area contributed by atoms with Crippen molar-refractivity contribution in [3.63, 3.8) is 0 Å². The molecule has 0 amide bonds. The Morgan fingerprint density at radius 3 is 1.50 bits per heavy atom. The van der Waals surface area contributed by atoms with Crippen LogP contribution in [0.4, 0.5) is 30.7 Å². The molecule has 0 aliphatic heterocycles. The number of rotatable bonds is 3. The average Bonchev–Trinajstić information content (AvgIpc) is 1.82. The fraction of sp³-hybridized carbons (Fsp3) is 0.800. The lowest BCUT2D eigenvalue weighted by Gasteiger charge is -2.14. The predicted molar refractivity (Wildman–Crippen MR) is 25.7 cm³/mol. The van der Waals surface area contributed by atoms with Crippen molar-refractivity contribution in [1.82, 2.24) is 0 Å². The van der Waals surface area contributed by atoms with Gasteiger partial charge in [-0.2, -0.15) is 30.7 Å². The molecule has 0 aromatic rings. The third-order valence-electron chi connectivity index (χ3n) is 0.999. The van der Waals surface area contributed by atoms with E-state index < -0.39 is 31.4 Å². The van der Waals surface area contributed by atoms with E-state index in [4.69, 9.17) is 0 Å². The molecule has 0 N–H and O–H groups in total. The van der Waals surface area contributed by atoms with E-state index >= 15 is 0 Å². The fourth-order valence-electron chi connectivity index (χ4n) is 0.393. The molecule has 0 unspecified atom stereocenters. The zero-order valence-electron chi connectivity index (χ0n) is 5.56. The summed E-state index contributed by atoms with van der Waals surface area (Å²) < 4.78 is 79.7. The lowest BCUT2D eigenvalue weighted by atomic mass is 10.2. The lowest BCUT2D eigenvalue weighted by molar-refractivity contribution is -0.157. The second-order valence-electron chi connectivity index (χ2n) is 2.08. The van der Waals surface area contributed by atoms with Crippen molar-refractivity contribution in [2.45, 2.75) is 24.9 Å². The van der Waals surface area contributed by atoms with Crippen LogP contribution in [0.2, 0.25) is 0 Å². The number of hydrogen-bond acceptors (Lipinski definition) is 0. The topological polar surface area (TPSA) is 0 Å². The first kappa shape index (κ1) is 11.5. The first-order valence-corrected chi connectivity index (χ1v) is 2.78. The molecule has 0 aliphatic rings. The summed E-state index contributed by atoms with van der Waals surface area (Å²) in [6.07, 6.45) is -11.9. The van der Waals surface area contributed by atoms with Gasteiger partial charge in [0.25, 0.3) is 0 Å². The standard InChI is InChI=1S/C5H4F7/c6-3(7)4(8,9)1-2-5(10,11)12/h1-2H2. The van der Waals surface area contributed by atoms with Crippen molar-refractivity contribution in [1.29, 1.82) is 0 Å². The van der Waals surface area contributed by atoms with Gasteiger partial charge in [-0.1, -0.05) is 0 Å². The molecule has 0 aromatic carbocycles. The molecule has 7 heteroatoms. The Kier molecular flexibility index (Phi) is 3.34. The summed E-state index contributed by atoms with van der Waals surface area (Å²) in [6.45, 7) is 0. The quantitative estimate of drug-likeness (QED) is 0.608. The molecule has 0 spiro atoms. The van der Waals surface area contributed by atoms with Gasteiger partial charge in [-0.3, -0.25) is 0 Å². The van der Waals surface area contributed by atoms with Crippen LogP contribution in [0.1, 0.15) is 12.8 Å². The zero-order chi connectivity index (χ0) is 9.99. The molecule has 73 valence electrons. The van der Waals surface area contributed by atoms with Gasteiger partial charge in [0.1, 0.15) is 0 Å². The van der Waals surface area contributed by atoms with Crippen molar-refractivity contribution in [3.05, 3.63) is 6.43 Å². The summed E-state index contributed by atoms with van der Waals surface area (Å²) in [5.74, 6) is -4.63. The molecule has 0 nitrogen and oxygen atoms in total. The van der Waals surface area contributed by atoms with Gasteiger partial charge in [0.15, 0.2) is 0 Å². The minimum Gasteiger partial charge on any atom is -0.200 e. The van der Waals surface area contributed by atoms with Gasteiger partial charge >= 0.3 is 18.5 Å². The maximum Gasteiger partial charge on any atom is 0.389 e. The van der Waals surface area contributed by atoms with Crippen molar-refractivity contribution in [2.24, 2.45) is 0 Å². The predicted octanol–water partition coefficient (Wildman–Crippen LogP) is 3.39. The van der Waals surface area contributed by atoms with Crippen LogP contribution in [-0.2, 0) is 0 Å². The Bertz CT molecular complexity index is 135. The zero-order valence-corrected chi connectivity index (χ0v) is 5.56. The summed E-state index contributed by atoms with van der Waals surface area (Å²) in [5, 5.41) is 0. The Balaban J connectivity index is 3.93. The van der Waals surface area contributed by atoms with E-state index in [0.29, 0.717) is 0 Å². The monoisotopic (exact) mass is 197 g/mol. The van der Waals surface area contributed by atoms with E-state index in [1.54, 1.807) is 0 Å². The molecule has 12 heavy (non-hydrogen) atoms. The van der Waals surface area contributed by atoms with Crippen molar-refractivity contribution >= 4 is 0 Å². The van der Waals surface area contributed by atoms with Crippen LogP contribution in [0.25, 0.3) is 0 Å². The van der Waals surface area contributed by atoms with Crippen LogP contribution in [0, 0.1) is 6.43 Å². The summed E-state index contributed by atoms with van der Waals surface area (Å²) >= 11 is 0. The Labute approximate surface area is 63.4 Å². The maximum atomic E-state index is 11.8. The molecule has 0 saturated heterocycles. The van der Waals surface area contributed by atoms with Crippen LogP contribution in [0.5, 0.6) is 0 Å². The first-order chi connectivity index (χ1) is 5.15. The highest BCUT2D eigenvalue weighted by atomic mass is 19.4. The minimum atomic E-state index is -4.83. The molecule has 0 saturated carbocycles. The smallest absolute Gasteiger partial charge is 0.200 e. The van der Waals surface area contributed by atoms with Gasteiger partial charge in [-0.25, -0.2) is 0 Å². The second-order valence-corrected chi connectivity index (χ2v) is 2.08. The average molecular weight is 197 g/mol. The van der Waals surface area contributed by atoms with Crippen molar-refractivity contribution < 1.29 is 30.7 Å². The van der Waals surface area contributed by atoms with Crippen molar-refractivity contribution in [3.8, 4) is 0 Å². The molecular formula is C5H4F7. The van der Waals surface area contributed by atoms with Gasteiger partial charge in [0.2, 0.25) is 0 Å². The Morgan fingerprint density at radius 2 is 1.25 bits per heavy atom. The highest BCUT2D eigenvalue weighted by Crippen LogP contribution is 2.36. The van der Waals surface area contributed by atoms with E-state index in [9.17, 15) is 30.7 Å². The van der Waals surface area contributed by atoms with Gasteiger partial charge in [-0.15, -0.1) is 0 Å². The molecule has 0 bridgehead atoms. The summed E-state index contributed by atoms with van der Waals surface area (Å²) in [7, 11) is 0. The van der Waals surface area contributed by atoms with Crippen LogP contribution in [-0.4, -0.2) is 12.1 Å². The summed E-state index contributed by atoms with van der Waals surface area (Å²) in [4.78, 5) is 0. The molecule has 1 radical (unpaired) electrons. The number of alkyl halides is 5. The third kappa shape index (κ3) is 4.40. The highest BCUT2D eigenvalue weighted by molar-refractivity contribution is 4.83. The first-order valence-electron chi connectivity index (χ1n) is 2.78. The molecule has 0 heterocycles. The van der Waals surface area contributed by atoms with Gasteiger partial charge < -0.3 is 0 Å². The van der Waals surface area contributed by atoms with Gasteiger partial charge in [0, 0.05) is 12.8 Å². The van der Waals surface area contributed by atoms with Crippen LogP contribution >= 0.6 is 0 Å². The van der Waals surface area contributed by atoms with E-state index in [1.165, 1.54) is 0 Å². The normalized spacial score (nSPS) is 14.0. The molecule has 0 rings (SSSR count). The highest BCUT2D eigenvalue weighted by Gasteiger charge is 2.45. The second kappa shape index (κ2) is 3.49. The summed E-state index contributed by atoms with van der Waals surface area (Å²) in [5.41, 5.74) is 0. The third-order valence-corrected chi connectivity index (χ3v) is 0.999. The van der Waals surface area contributed by atoms with Gasteiger partial charge in [-0.05, 0) is 0 Å². The van der Waals surface area contributed by atoms with E-state index in [2.05, 4.69) is 0 Å². The molecule has 0 atom stereocenters. The lowest BCUT2D eigenvalue weighted by Crippen LogP contribution is -2.23. The Hall–Kier alpha value is -0.490. The minimum absolute atomic E-state index is 1.90. The number of halogens is 7. The largest absolute Gasteiger partial charge is 0.389 e. The number of hydrogen-bond donors (Lipinski definition) is 0. The van der Waals surface area contributed by atoms with E-state index in [-0.39, 0.29) is 0 Å². The van der Waals surface area contributed by atoms with Crippen LogP contribution < -0.4 is 0 Å². The SMILES string of the molecule is F[C](F)C(F)(F)CCC(F)(F)F. The van der Waals surface area contributed by atoms with E-state index in [1.807, 2.05) is 0 Å². The molecule has 0 fully saturated rings.